The first-order valence-corrected chi connectivity index (χ1v) is 12.3. The van der Waals surface area contributed by atoms with E-state index >= 15 is 0 Å². The second kappa shape index (κ2) is 11.9. The third kappa shape index (κ3) is 5.70. The number of likely N-dealkylation sites (N-methyl/N-ethyl adjacent to an activating group) is 1. The monoisotopic (exact) mass is 535 g/mol. The quantitative estimate of drug-likeness (QED) is 0.265. The summed E-state index contributed by atoms with van der Waals surface area (Å²) in [5.74, 6) is 2.37. The summed E-state index contributed by atoms with van der Waals surface area (Å²) in [6, 6.07) is 20.2. The number of carbonyl (C=O) groups excluding carboxylic acids is 1. The fraction of sp³-hybridized carbons (Fsp3) is 0.241. The smallest absolute Gasteiger partial charge is 0.272 e. The Bertz CT molecular complexity index is 1440. The largest absolute Gasteiger partial charge is 0.497 e. The highest BCUT2D eigenvalue weighted by molar-refractivity contribution is 6.30. The molecule has 0 aliphatic carbocycles. The molecule has 0 radical (unpaired) electrons. The van der Waals surface area contributed by atoms with Gasteiger partial charge < -0.3 is 23.8 Å². The molecule has 3 aromatic carbocycles. The Balaban J connectivity index is 1.67. The molecule has 0 saturated heterocycles. The van der Waals surface area contributed by atoms with Gasteiger partial charge in [0.2, 0.25) is 0 Å². The minimum absolute atomic E-state index is 0.184. The molecule has 1 heterocycles. The van der Waals surface area contributed by atoms with Gasteiger partial charge in [-0.2, -0.15) is 5.10 Å². The van der Waals surface area contributed by atoms with E-state index in [1.807, 2.05) is 42.5 Å². The molecular formula is C29H30ClN3O5. The number of nitrogens with zero attached hydrogens (tertiary/aromatic N) is 3. The van der Waals surface area contributed by atoms with E-state index in [0.717, 1.165) is 11.1 Å². The van der Waals surface area contributed by atoms with E-state index in [-0.39, 0.29) is 5.91 Å². The van der Waals surface area contributed by atoms with E-state index in [1.54, 1.807) is 69.3 Å². The molecule has 9 heteroatoms. The van der Waals surface area contributed by atoms with Gasteiger partial charge in [-0.15, -0.1) is 0 Å². The summed E-state index contributed by atoms with van der Waals surface area (Å²) in [4.78, 5) is 15.4. The second-order valence-electron chi connectivity index (χ2n) is 8.54. The van der Waals surface area contributed by atoms with Crippen LogP contribution >= 0.6 is 11.6 Å². The van der Waals surface area contributed by atoms with E-state index in [0.29, 0.717) is 58.1 Å². The average Bonchev–Trinajstić information content (AvgIpc) is 3.40. The van der Waals surface area contributed by atoms with Crippen molar-refractivity contribution in [3.63, 3.8) is 0 Å². The summed E-state index contributed by atoms with van der Waals surface area (Å²) in [6.07, 6.45) is 0.632. The summed E-state index contributed by atoms with van der Waals surface area (Å²) in [5, 5.41) is 5.32. The van der Waals surface area contributed by atoms with Crippen LogP contribution in [0.2, 0.25) is 5.02 Å². The summed E-state index contributed by atoms with van der Waals surface area (Å²) < 4.78 is 23.2. The number of amides is 1. The highest BCUT2D eigenvalue weighted by atomic mass is 35.5. The number of halogens is 1. The molecule has 1 aromatic heterocycles. The molecule has 38 heavy (non-hydrogen) atoms. The fourth-order valence-corrected chi connectivity index (χ4v) is 4.29. The average molecular weight is 536 g/mol. The molecule has 0 aliphatic heterocycles. The van der Waals surface area contributed by atoms with Crippen LogP contribution in [0.1, 0.15) is 16.1 Å². The van der Waals surface area contributed by atoms with Crippen LogP contribution in [0.4, 0.5) is 0 Å². The van der Waals surface area contributed by atoms with E-state index in [4.69, 9.17) is 35.6 Å². The van der Waals surface area contributed by atoms with Crippen LogP contribution in [0.15, 0.2) is 66.7 Å². The lowest BCUT2D eigenvalue weighted by Crippen LogP contribution is -2.30. The molecule has 0 saturated carbocycles. The Morgan fingerprint density at radius 3 is 2.32 bits per heavy atom. The van der Waals surface area contributed by atoms with E-state index in [1.165, 1.54) is 0 Å². The van der Waals surface area contributed by atoms with Crippen LogP contribution in [-0.4, -0.2) is 62.6 Å². The lowest BCUT2D eigenvalue weighted by atomic mass is 10.1. The van der Waals surface area contributed by atoms with Crippen molar-refractivity contribution in [2.75, 3.05) is 42.0 Å². The predicted molar refractivity (Wildman–Crippen MR) is 147 cm³/mol. The minimum Gasteiger partial charge on any atom is -0.497 e. The van der Waals surface area contributed by atoms with Gasteiger partial charge in [-0.25, -0.2) is 4.68 Å². The predicted octanol–water partition coefficient (Wildman–Crippen LogP) is 5.54. The van der Waals surface area contributed by atoms with Gasteiger partial charge in [-0.1, -0.05) is 23.7 Å². The van der Waals surface area contributed by atoms with Crippen LogP contribution < -0.4 is 18.9 Å². The van der Waals surface area contributed by atoms with E-state index in [9.17, 15) is 4.79 Å². The maximum atomic E-state index is 13.7. The van der Waals surface area contributed by atoms with Crippen molar-refractivity contribution in [2.45, 2.75) is 6.42 Å². The van der Waals surface area contributed by atoms with Crippen LogP contribution in [-0.2, 0) is 6.42 Å². The highest BCUT2D eigenvalue weighted by Crippen LogP contribution is 2.34. The first-order chi connectivity index (χ1) is 18.4. The number of hydrogen-bond donors (Lipinski definition) is 0. The zero-order valence-electron chi connectivity index (χ0n) is 22.0. The van der Waals surface area contributed by atoms with Crippen molar-refractivity contribution >= 4 is 17.5 Å². The van der Waals surface area contributed by atoms with Crippen LogP contribution in [0.3, 0.4) is 0 Å². The number of carbonyl (C=O) groups is 1. The first kappa shape index (κ1) is 26.9. The second-order valence-corrected chi connectivity index (χ2v) is 8.98. The molecule has 0 bridgehead atoms. The Morgan fingerprint density at radius 1 is 0.868 bits per heavy atom. The maximum absolute atomic E-state index is 13.7. The van der Waals surface area contributed by atoms with E-state index < -0.39 is 0 Å². The normalized spacial score (nSPS) is 10.7. The Morgan fingerprint density at radius 2 is 1.63 bits per heavy atom. The molecule has 198 valence electrons. The highest BCUT2D eigenvalue weighted by Gasteiger charge is 2.22. The Hall–Kier alpha value is -4.17. The number of ether oxygens (including phenoxy) is 4. The van der Waals surface area contributed by atoms with Gasteiger partial charge in [0.15, 0.2) is 11.5 Å². The van der Waals surface area contributed by atoms with Gasteiger partial charge in [0.1, 0.15) is 17.2 Å². The molecule has 0 aliphatic rings. The summed E-state index contributed by atoms with van der Waals surface area (Å²) >= 11 is 6.27. The lowest BCUT2D eigenvalue weighted by molar-refractivity contribution is 0.0787. The number of rotatable bonds is 10. The third-order valence-electron chi connectivity index (χ3n) is 6.20. The third-order valence-corrected chi connectivity index (χ3v) is 6.43. The molecule has 4 rings (SSSR count). The molecule has 0 atom stereocenters. The number of benzene rings is 3. The Kier molecular flexibility index (Phi) is 8.43. The maximum Gasteiger partial charge on any atom is 0.272 e. The fourth-order valence-electron chi connectivity index (χ4n) is 4.11. The molecule has 8 nitrogen and oxygen atoms in total. The lowest BCUT2D eigenvalue weighted by Gasteiger charge is -2.18. The first-order valence-electron chi connectivity index (χ1n) is 11.9. The van der Waals surface area contributed by atoms with Gasteiger partial charge in [-0.05, 0) is 60.5 Å². The topological polar surface area (TPSA) is 75.0 Å². The van der Waals surface area contributed by atoms with Crippen molar-refractivity contribution in [3.05, 3.63) is 83.0 Å². The van der Waals surface area contributed by atoms with Crippen molar-refractivity contribution in [3.8, 4) is 39.9 Å². The van der Waals surface area contributed by atoms with Crippen molar-refractivity contribution in [1.29, 1.82) is 0 Å². The number of hydrogen-bond acceptors (Lipinski definition) is 6. The van der Waals surface area contributed by atoms with Crippen molar-refractivity contribution < 1.29 is 23.7 Å². The van der Waals surface area contributed by atoms with Gasteiger partial charge in [0, 0.05) is 30.2 Å². The molecule has 0 fully saturated rings. The molecule has 0 N–H and O–H groups in total. The van der Waals surface area contributed by atoms with Gasteiger partial charge >= 0.3 is 0 Å². The molecule has 1 amide bonds. The van der Waals surface area contributed by atoms with Gasteiger partial charge in [0.25, 0.3) is 5.91 Å². The molecule has 0 unspecified atom stereocenters. The number of methoxy groups -OCH3 is 4. The standard InChI is InChI=1S/C29H30ClN3O5/c1-32(14-13-19-9-12-26(36-3)28(15-19)38-5)29(34)25-18-24(23-11-10-22(35-2)17-27(23)37-4)31-33(25)21-8-6-7-20(30)16-21/h6-12,15-18H,13-14H2,1-5H3. The zero-order valence-corrected chi connectivity index (χ0v) is 22.8. The van der Waals surface area contributed by atoms with Crippen LogP contribution in [0, 0.1) is 0 Å². The molecule has 4 aromatic rings. The minimum atomic E-state index is -0.184. The van der Waals surface area contributed by atoms with Crippen molar-refractivity contribution in [1.82, 2.24) is 14.7 Å². The van der Waals surface area contributed by atoms with Crippen LogP contribution in [0.25, 0.3) is 16.9 Å². The Labute approximate surface area is 227 Å². The SMILES string of the molecule is COc1ccc(-c2cc(C(=O)N(C)CCc3ccc(OC)c(OC)c3)n(-c3cccc(Cl)c3)n2)c(OC)c1. The zero-order chi connectivity index (χ0) is 27.2. The van der Waals surface area contributed by atoms with Crippen molar-refractivity contribution in [2.24, 2.45) is 0 Å². The summed E-state index contributed by atoms with van der Waals surface area (Å²) in [5.41, 5.74) is 3.41. The number of aromatic nitrogens is 2. The summed E-state index contributed by atoms with van der Waals surface area (Å²) in [6.45, 7) is 0.482. The molecule has 0 spiro atoms. The molecular weight excluding hydrogens is 506 g/mol. The summed E-state index contributed by atoms with van der Waals surface area (Å²) in [7, 11) is 8.15. The van der Waals surface area contributed by atoms with Gasteiger partial charge in [0.05, 0.1) is 39.8 Å². The van der Waals surface area contributed by atoms with Crippen LogP contribution in [0.5, 0.6) is 23.0 Å². The van der Waals surface area contributed by atoms with E-state index in [2.05, 4.69) is 0 Å². The van der Waals surface area contributed by atoms with Gasteiger partial charge in [-0.3, -0.25) is 4.79 Å².